The van der Waals surface area contributed by atoms with Crippen molar-refractivity contribution in [1.29, 1.82) is 0 Å². The molecule has 2 heteroatoms. The van der Waals surface area contributed by atoms with Crippen LogP contribution in [0.1, 0.15) is 28.4 Å². The van der Waals surface area contributed by atoms with Crippen molar-refractivity contribution in [3.63, 3.8) is 0 Å². The van der Waals surface area contributed by atoms with Gasteiger partial charge in [0.05, 0.1) is 5.56 Å². The van der Waals surface area contributed by atoms with E-state index in [2.05, 4.69) is 0 Å². The summed E-state index contributed by atoms with van der Waals surface area (Å²) in [6.07, 6.45) is 3.12. The molecule has 0 aliphatic rings. The fourth-order valence-corrected chi connectivity index (χ4v) is 1.39. The highest BCUT2D eigenvalue weighted by Gasteiger charge is 2.10. The van der Waals surface area contributed by atoms with Gasteiger partial charge < -0.3 is 5.11 Å². The maximum absolute atomic E-state index is 11.5. The topological polar surface area (TPSA) is 37.3 Å². The van der Waals surface area contributed by atoms with E-state index in [1.54, 1.807) is 26.0 Å². The Hall–Kier alpha value is -1.57. The third-order valence-corrected chi connectivity index (χ3v) is 2.03. The quantitative estimate of drug-likeness (QED) is 0.575. The van der Waals surface area contributed by atoms with Gasteiger partial charge >= 0.3 is 0 Å². The summed E-state index contributed by atoms with van der Waals surface area (Å²) >= 11 is 0. The molecule has 1 rings (SSSR count). The molecule has 0 bridgehead atoms. The largest absolute Gasteiger partial charge is 0.507 e. The van der Waals surface area contributed by atoms with Gasteiger partial charge in [-0.3, -0.25) is 4.79 Å². The first-order chi connectivity index (χ1) is 6.56. The van der Waals surface area contributed by atoms with Crippen LogP contribution >= 0.6 is 0 Å². The van der Waals surface area contributed by atoms with Crippen LogP contribution in [0.2, 0.25) is 0 Å². The van der Waals surface area contributed by atoms with Crippen molar-refractivity contribution in [1.82, 2.24) is 0 Å². The summed E-state index contributed by atoms with van der Waals surface area (Å²) in [5, 5.41) is 9.66. The van der Waals surface area contributed by atoms with E-state index in [1.165, 1.54) is 6.08 Å². The van der Waals surface area contributed by atoms with Crippen LogP contribution in [0.5, 0.6) is 5.75 Å². The van der Waals surface area contributed by atoms with Gasteiger partial charge in [-0.2, -0.15) is 0 Å². The SMILES string of the molecule is C/C=C/C(=O)c1cc(C)cc(C)c1O. The Morgan fingerprint density at radius 3 is 2.57 bits per heavy atom. The minimum absolute atomic E-state index is 0.0821. The molecule has 14 heavy (non-hydrogen) atoms. The number of allylic oxidation sites excluding steroid dienone is 2. The molecule has 1 aromatic carbocycles. The molecule has 0 aromatic heterocycles. The monoisotopic (exact) mass is 190 g/mol. The first kappa shape index (κ1) is 10.5. The van der Waals surface area contributed by atoms with E-state index in [0.717, 1.165) is 11.1 Å². The van der Waals surface area contributed by atoms with Gasteiger partial charge in [0.15, 0.2) is 5.78 Å². The molecule has 0 spiro atoms. The zero-order chi connectivity index (χ0) is 10.7. The number of aromatic hydroxyl groups is 1. The number of aryl methyl sites for hydroxylation is 2. The summed E-state index contributed by atoms with van der Waals surface area (Å²) in [5.41, 5.74) is 2.09. The summed E-state index contributed by atoms with van der Waals surface area (Å²) in [5.74, 6) is -0.0736. The summed E-state index contributed by atoms with van der Waals surface area (Å²) in [7, 11) is 0. The minimum atomic E-state index is -0.156. The second-order valence-electron chi connectivity index (χ2n) is 3.34. The van der Waals surface area contributed by atoms with Crippen LogP contribution in [0, 0.1) is 13.8 Å². The highest BCUT2D eigenvalue weighted by molar-refractivity contribution is 6.06. The second kappa shape index (κ2) is 4.09. The number of hydrogen-bond donors (Lipinski definition) is 1. The lowest BCUT2D eigenvalue weighted by Crippen LogP contribution is -1.97. The number of phenolic OH excluding ortho intramolecular Hbond substituents is 1. The lowest BCUT2D eigenvalue weighted by Gasteiger charge is -2.05. The number of benzene rings is 1. The molecule has 0 saturated heterocycles. The van der Waals surface area contributed by atoms with E-state index in [9.17, 15) is 9.90 Å². The Balaban J connectivity index is 3.27. The van der Waals surface area contributed by atoms with Crippen molar-refractivity contribution in [3.8, 4) is 5.75 Å². The highest BCUT2D eigenvalue weighted by atomic mass is 16.3. The number of carbonyl (C=O) groups is 1. The maximum Gasteiger partial charge on any atom is 0.189 e. The van der Waals surface area contributed by atoms with Crippen molar-refractivity contribution in [2.24, 2.45) is 0 Å². The van der Waals surface area contributed by atoms with E-state index < -0.39 is 0 Å². The molecule has 2 nitrogen and oxygen atoms in total. The molecule has 0 radical (unpaired) electrons. The zero-order valence-electron chi connectivity index (χ0n) is 8.66. The number of hydrogen-bond acceptors (Lipinski definition) is 2. The molecule has 0 fully saturated rings. The minimum Gasteiger partial charge on any atom is -0.507 e. The molecule has 1 aromatic rings. The predicted molar refractivity (Wildman–Crippen MR) is 56.7 cm³/mol. The molecular weight excluding hydrogens is 176 g/mol. The third kappa shape index (κ3) is 2.02. The van der Waals surface area contributed by atoms with Crippen molar-refractivity contribution >= 4 is 5.78 Å². The Morgan fingerprint density at radius 1 is 1.36 bits per heavy atom. The molecule has 0 unspecified atom stereocenters. The van der Waals surface area contributed by atoms with E-state index in [4.69, 9.17) is 0 Å². The number of phenols is 1. The van der Waals surface area contributed by atoms with E-state index in [0.29, 0.717) is 5.56 Å². The van der Waals surface area contributed by atoms with Crippen molar-refractivity contribution in [3.05, 3.63) is 41.0 Å². The number of ketones is 1. The summed E-state index contributed by atoms with van der Waals surface area (Å²) in [6, 6.07) is 3.55. The maximum atomic E-state index is 11.5. The first-order valence-corrected chi connectivity index (χ1v) is 4.53. The van der Waals surface area contributed by atoms with Crippen LogP contribution in [0.25, 0.3) is 0 Å². The molecular formula is C12H14O2. The van der Waals surface area contributed by atoms with Crippen LogP contribution in [0.4, 0.5) is 0 Å². The fourth-order valence-electron chi connectivity index (χ4n) is 1.39. The molecule has 0 saturated carbocycles. The van der Waals surface area contributed by atoms with E-state index in [1.807, 2.05) is 13.0 Å². The van der Waals surface area contributed by atoms with Crippen molar-refractivity contribution in [2.45, 2.75) is 20.8 Å². The van der Waals surface area contributed by atoms with Crippen LogP contribution in [-0.2, 0) is 0 Å². The van der Waals surface area contributed by atoms with Gasteiger partial charge in [-0.05, 0) is 44.0 Å². The number of carbonyl (C=O) groups excluding carboxylic acids is 1. The summed E-state index contributed by atoms with van der Waals surface area (Å²) in [4.78, 5) is 11.5. The van der Waals surface area contributed by atoms with Crippen LogP contribution in [0.15, 0.2) is 24.3 Å². The first-order valence-electron chi connectivity index (χ1n) is 4.53. The average Bonchev–Trinajstić information content (AvgIpc) is 2.11. The van der Waals surface area contributed by atoms with Gasteiger partial charge in [-0.15, -0.1) is 0 Å². The Kier molecular flexibility index (Phi) is 3.07. The molecule has 74 valence electrons. The molecule has 1 N–H and O–H groups in total. The van der Waals surface area contributed by atoms with Crippen molar-refractivity contribution < 1.29 is 9.90 Å². The fraction of sp³-hybridized carbons (Fsp3) is 0.250. The Bertz CT molecular complexity index is 390. The smallest absolute Gasteiger partial charge is 0.189 e. The average molecular weight is 190 g/mol. The van der Waals surface area contributed by atoms with Crippen molar-refractivity contribution in [2.75, 3.05) is 0 Å². The van der Waals surface area contributed by atoms with Gasteiger partial charge in [0.25, 0.3) is 0 Å². The summed E-state index contributed by atoms with van der Waals surface area (Å²) in [6.45, 7) is 5.46. The van der Waals surface area contributed by atoms with Gasteiger partial charge in [-0.25, -0.2) is 0 Å². The Morgan fingerprint density at radius 2 is 2.00 bits per heavy atom. The standard InChI is InChI=1S/C12H14O2/c1-4-5-11(13)10-7-8(2)6-9(3)12(10)14/h4-7,14H,1-3H3/b5-4+. The molecule has 0 amide bonds. The second-order valence-corrected chi connectivity index (χ2v) is 3.34. The van der Waals surface area contributed by atoms with Gasteiger partial charge in [0.1, 0.15) is 5.75 Å². The molecule has 0 heterocycles. The zero-order valence-corrected chi connectivity index (χ0v) is 8.66. The van der Waals surface area contributed by atoms with Gasteiger partial charge in [0, 0.05) is 0 Å². The normalized spacial score (nSPS) is 10.8. The molecule has 0 aliphatic carbocycles. The van der Waals surface area contributed by atoms with Crippen LogP contribution < -0.4 is 0 Å². The Labute approximate surface area is 83.9 Å². The van der Waals surface area contributed by atoms with Crippen LogP contribution in [-0.4, -0.2) is 10.9 Å². The third-order valence-electron chi connectivity index (χ3n) is 2.03. The summed E-state index contributed by atoms with van der Waals surface area (Å²) < 4.78 is 0. The van der Waals surface area contributed by atoms with Gasteiger partial charge in [0.2, 0.25) is 0 Å². The number of rotatable bonds is 2. The van der Waals surface area contributed by atoms with E-state index in [-0.39, 0.29) is 11.5 Å². The van der Waals surface area contributed by atoms with E-state index >= 15 is 0 Å². The molecule has 0 aliphatic heterocycles. The highest BCUT2D eigenvalue weighted by Crippen LogP contribution is 2.24. The predicted octanol–water partition coefficient (Wildman–Crippen LogP) is 2.77. The lowest BCUT2D eigenvalue weighted by atomic mass is 10.0. The van der Waals surface area contributed by atoms with Crippen LogP contribution in [0.3, 0.4) is 0 Å². The molecule has 0 atom stereocenters. The van der Waals surface area contributed by atoms with Gasteiger partial charge in [-0.1, -0.05) is 12.1 Å². The lowest BCUT2D eigenvalue weighted by molar-refractivity contribution is 0.104.